The highest BCUT2D eigenvalue weighted by Gasteiger charge is 2.11. The molecule has 7 heteroatoms. The zero-order valence-electron chi connectivity index (χ0n) is 13.3. The largest absolute Gasteiger partial charge is 0.337 e. The summed E-state index contributed by atoms with van der Waals surface area (Å²) in [6.07, 6.45) is 1.46. The Kier molecular flexibility index (Phi) is 3.61. The van der Waals surface area contributed by atoms with Crippen LogP contribution in [-0.4, -0.2) is 19.7 Å². The lowest BCUT2D eigenvalue weighted by Crippen LogP contribution is -2.21. The lowest BCUT2D eigenvalue weighted by Gasteiger charge is -2.04. The molecular weight excluding hydrogens is 323 g/mol. The van der Waals surface area contributed by atoms with Crippen LogP contribution in [0, 0.1) is 12.7 Å². The summed E-state index contributed by atoms with van der Waals surface area (Å²) in [7, 11) is 0. The van der Waals surface area contributed by atoms with E-state index < -0.39 is 0 Å². The van der Waals surface area contributed by atoms with Gasteiger partial charge in [-0.1, -0.05) is 16.8 Å². The summed E-state index contributed by atoms with van der Waals surface area (Å²) in [5, 5.41) is 4.42. The molecule has 2 aromatic heterocycles. The summed E-state index contributed by atoms with van der Waals surface area (Å²) >= 11 is 0. The molecule has 2 aromatic carbocycles. The van der Waals surface area contributed by atoms with Crippen molar-refractivity contribution in [2.45, 2.75) is 13.5 Å². The van der Waals surface area contributed by atoms with Crippen LogP contribution in [0.1, 0.15) is 11.5 Å². The summed E-state index contributed by atoms with van der Waals surface area (Å²) in [6.45, 7) is 2.03. The molecule has 0 bridgehead atoms. The first-order valence-electron chi connectivity index (χ1n) is 7.64. The fourth-order valence-electron chi connectivity index (χ4n) is 2.57. The summed E-state index contributed by atoms with van der Waals surface area (Å²) in [5.41, 5.74) is 2.09. The zero-order chi connectivity index (χ0) is 17.4. The van der Waals surface area contributed by atoms with Gasteiger partial charge in [-0.2, -0.15) is 4.98 Å². The third-order valence-electron chi connectivity index (χ3n) is 3.86. The maximum Gasteiger partial charge on any atom is 0.261 e. The SMILES string of the molecule is Cc1ccc2ncn(Cc3nc(-c4ccc(F)cc4)no3)c(=O)c2c1. The van der Waals surface area contributed by atoms with E-state index in [0.717, 1.165) is 5.56 Å². The number of aryl methyl sites for hydroxylation is 1. The molecule has 0 radical (unpaired) electrons. The van der Waals surface area contributed by atoms with Gasteiger partial charge >= 0.3 is 0 Å². The average molecular weight is 336 g/mol. The van der Waals surface area contributed by atoms with Gasteiger partial charge in [-0.3, -0.25) is 9.36 Å². The number of benzene rings is 2. The van der Waals surface area contributed by atoms with Crippen molar-refractivity contribution < 1.29 is 8.91 Å². The smallest absolute Gasteiger partial charge is 0.261 e. The summed E-state index contributed by atoms with van der Waals surface area (Å²) in [4.78, 5) is 21.1. The van der Waals surface area contributed by atoms with Crippen molar-refractivity contribution in [3.63, 3.8) is 0 Å². The first-order valence-corrected chi connectivity index (χ1v) is 7.64. The molecule has 2 heterocycles. The van der Waals surface area contributed by atoms with E-state index in [1.165, 1.54) is 23.0 Å². The van der Waals surface area contributed by atoms with E-state index in [4.69, 9.17) is 4.52 Å². The van der Waals surface area contributed by atoms with Crippen molar-refractivity contribution >= 4 is 10.9 Å². The average Bonchev–Trinajstić information content (AvgIpc) is 3.07. The quantitative estimate of drug-likeness (QED) is 0.575. The van der Waals surface area contributed by atoms with Crippen molar-refractivity contribution in [3.05, 3.63) is 76.4 Å². The third kappa shape index (κ3) is 2.91. The zero-order valence-corrected chi connectivity index (χ0v) is 13.3. The number of halogens is 1. The summed E-state index contributed by atoms with van der Waals surface area (Å²) in [5.74, 6) is 0.277. The Balaban J connectivity index is 1.67. The lowest BCUT2D eigenvalue weighted by molar-refractivity contribution is 0.369. The summed E-state index contributed by atoms with van der Waals surface area (Å²) in [6, 6.07) is 11.3. The molecule has 0 amide bonds. The van der Waals surface area contributed by atoms with E-state index in [1.807, 2.05) is 19.1 Å². The third-order valence-corrected chi connectivity index (χ3v) is 3.86. The molecule has 0 fully saturated rings. The van der Waals surface area contributed by atoms with Crippen LogP contribution in [0.5, 0.6) is 0 Å². The van der Waals surface area contributed by atoms with Gasteiger partial charge in [0.05, 0.1) is 17.2 Å². The van der Waals surface area contributed by atoms with Crippen LogP contribution in [0.3, 0.4) is 0 Å². The van der Waals surface area contributed by atoms with E-state index in [1.54, 1.807) is 18.2 Å². The van der Waals surface area contributed by atoms with Crippen molar-refractivity contribution in [3.8, 4) is 11.4 Å². The topological polar surface area (TPSA) is 73.8 Å². The lowest BCUT2D eigenvalue weighted by atomic mass is 10.2. The van der Waals surface area contributed by atoms with Crippen LogP contribution in [0.2, 0.25) is 0 Å². The van der Waals surface area contributed by atoms with E-state index in [0.29, 0.717) is 22.3 Å². The van der Waals surface area contributed by atoms with E-state index >= 15 is 0 Å². The van der Waals surface area contributed by atoms with Crippen LogP contribution in [0.15, 0.2) is 58.1 Å². The highest BCUT2D eigenvalue weighted by Crippen LogP contribution is 2.16. The first-order chi connectivity index (χ1) is 12.1. The number of hydrogen-bond donors (Lipinski definition) is 0. The fraction of sp³-hybridized carbons (Fsp3) is 0.111. The van der Waals surface area contributed by atoms with Gasteiger partial charge in [0.15, 0.2) is 0 Å². The van der Waals surface area contributed by atoms with E-state index in [9.17, 15) is 9.18 Å². The molecule has 4 aromatic rings. The predicted molar refractivity (Wildman–Crippen MR) is 89.5 cm³/mol. The van der Waals surface area contributed by atoms with Gasteiger partial charge in [-0.05, 0) is 43.3 Å². The highest BCUT2D eigenvalue weighted by atomic mass is 19.1. The van der Waals surface area contributed by atoms with E-state index in [2.05, 4.69) is 15.1 Å². The molecule has 4 rings (SSSR count). The van der Waals surface area contributed by atoms with Gasteiger partial charge < -0.3 is 4.52 Å². The Morgan fingerprint density at radius 3 is 2.76 bits per heavy atom. The molecule has 0 unspecified atom stereocenters. The highest BCUT2D eigenvalue weighted by molar-refractivity contribution is 5.77. The van der Waals surface area contributed by atoms with Gasteiger partial charge in [-0.25, -0.2) is 9.37 Å². The molecule has 25 heavy (non-hydrogen) atoms. The molecule has 0 spiro atoms. The molecular formula is C18H13FN4O2. The maximum absolute atomic E-state index is 13.0. The van der Waals surface area contributed by atoms with Crippen LogP contribution in [0.25, 0.3) is 22.3 Å². The monoisotopic (exact) mass is 336 g/mol. The number of hydrogen-bond acceptors (Lipinski definition) is 5. The molecule has 6 nitrogen and oxygen atoms in total. The Labute approximate surface area is 141 Å². The molecule has 0 saturated heterocycles. The molecule has 0 atom stereocenters. The molecule has 0 aliphatic rings. The van der Waals surface area contributed by atoms with Crippen molar-refractivity contribution in [2.75, 3.05) is 0 Å². The van der Waals surface area contributed by atoms with Crippen LogP contribution >= 0.6 is 0 Å². The minimum Gasteiger partial charge on any atom is -0.337 e. The Morgan fingerprint density at radius 1 is 1.16 bits per heavy atom. The van der Waals surface area contributed by atoms with Crippen molar-refractivity contribution in [1.29, 1.82) is 0 Å². The van der Waals surface area contributed by atoms with Crippen molar-refractivity contribution in [1.82, 2.24) is 19.7 Å². The Morgan fingerprint density at radius 2 is 1.96 bits per heavy atom. The summed E-state index contributed by atoms with van der Waals surface area (Å²) < 4.78 is 19.6. The number of rotatable bonds is 3. The van der Waals surface area contributed by atoms with Gasteiger partial charge in [-0.15, -0.1) is 0 Å². The van der Waals surface area contributed by atoms with Gasteiger partial charge in [0.1, 0.15) is 12.4 Å². The minimum absolute atomic E-state index is 0.115. The second-order valence-corrected chi connectivity index (χ2v) is 5.72. The molecule has 0 saturated carbocycles. The second-order valence-electron chi connectivity index (χ2n) is 5.72. The van der Waals surface area contributed by atoms with Gasteiger partial charge in [0.2, 0.25) is 11.7 Å². The van der Waals surface area contributed by atoms with Gasteiger partial charge in [0.25, 0.3) is 5.56 Å². The first kappa shape index (κ1) is 15.2. The standard InChI is InChI=1S/C18H13FN4O2/c1-11-2-7-15-14(8-11)18(24)23(10-20-15)9-16-21-17(22-25-16)12-3-5-13(19)6-4-12/h2-8,10H,9H2,1H3. The predicted octanol–water partition coefficient (Wildman–Crippen LogP) is 2.94. The van der Waals surface area contributed by atoms with Gasteiger partial charge in [0, 0.05) is 5.56 Å². The Hall–Kier alpha value is -3.35. The number of fused-ring (bicyclic) bond motifs is 1. The normalized spacial score (nSPS) is 11.1. The van der Waals surface area contributed by atoms with Crippen LogP contribution in [0.4, 0.5) is 4.39 Å². The second kappa shape index (κ2) is 5.94. The van der Waals surface area contributed by atoms with Crippen molar-refractivity contribution in [2.24, 2.45) is 0 Å². The number of nitrogens with zero attached hydrogens (tertiary/aromatic N) is 4. The fourth-order valence-corrected chi connectivity index (χ4v) is 2.57. The van der Waals surface area contributed by atoms with Crippen LogP contribution in [-0.2, 0) is 6.54 Å². The molecule has 0 aliphatic carbocycles. The van der Waals surface area contributed by atoms with Crippen LogP contribution < -0.4 is 5.56 Å². The molecule has 0 aliphatic heterocycles. The minimum atomic E-state index is -0.337. The Bertz CT molecular complexity index is 1120. The van der Waals surface area contributed by atoms with E-state index in [-0.39, 0.29) is 23.8 Å². The number of aromatic nitrogens is 4. The molecule has 0 N–H and O–H groups in total. The maximum atomic E-state index is 13.0. The molecule has 124 valence electrons.